The zero-order chi connectivity index (χ0) is 21.8. The molecule has 1 heterocycles. The van der Waals surface area contributed by atoms with E-state index < -0.39 is 0 Å². The molecule has 3 aromatic rings. The van der Waals surface area contributed by atoms with E-state index in [9.17, 15) is 4.79 Å². The highest BCUT2D eigenvalue weighted by atomic mass is 35.5. The van der Waals surface area contributed by atoms with Crippen LogP contribution < -0.4 is 15.4 Å². The Labute approximate surface area is 192 Å². The third kappa shape index (κ3) is 5.60. The largest absolute Gasteiger partial charge is 0.484 e. The van der Waals surface area contributed by atoms with Crippen LogP contribution in [0.25, 0.3) is 10.9 Å². The van der Waals surface area contributed by atoms with Crippen LogP contribution in [-0.4, -0.2) is 29.6 Å². The summed E-state index contributed by atoms with van der Waals surface area (Å²) < 4.78 is 5.65. The Balaban J connectivity index is 1.26. The fourth-order valence-electron chi connectivity index (χ4n) is 4.04. The van der Waals surface area contributed by atoms with Gasteiger partial charge >= 0.3 is 0 Å². The Morgan fingerprint density at radius 1 is 1.03 bits per heavy atom. The molecule has 162 valence electrons. The molecule has 1 saturated carbocycles. The number of fused-ring (bicyclic) bond motifs is 1. The maximum atomic E-state index is 12.3. The summed E-state index contributed by atoms with van der Waals surface area (Å²) in [4.78, 5) is 16.7. The van der Waals surface area contributed by atoms with Gasteiger partial charge in [0.2, 0.25) is 0 Å². The number of anilines is 1. The number of amides is 1. The Bertz CT molecular complexity index is 1080. The van der Waals surface area contributed by atoms with Gasteiger partial charge in [-0.25, -0.2) is 0 Å². The first-order chi connectivity index (χ1) is 15.0. The summed E-state index contributed by atoms with van der Waals surface area (Å²) in [5.41, 5.74) is 2.87. The molecule has 2 N–H and O–H groups in total. The average Bonchev–Trinajstić information content (AvgIpc) is 2.74. The average molecular weight is 458 g/mol. The van der Waals surface area contributed by atoms with Gasteiger partial charge in [-0.15, -0.1) is 0 Å². The maximum Gasteiger partial charge on any atom is 0.258 e. The minimum Gasteiger partial charge on any atom is -0.484 e. The van der Waals surface area contributed by atoms with Gasteiger partial charge in [-0.2, -0.15) is 0 Å². The molecule has 4 rings (SSSR count). The van der Waals surface area contributed by atoms with Crippen LogP contribution in [0.1, 0.15) is 31.2 Å². The number of hydrogen-bond acceptors (Lipinski definition) is 4. The summed E-state index contributed by atoms with van der Waals surface area (Å²) >= 11 is 12.0. The van der Waals surface area contributed by atoms with Gasteiger partial charge in [-0.05, 0) is 80.6 Å². The number of rotatable bonds is 6. The number of carbonyl (C=O) groups is 1. The molecule has 2 aromatic carbocycles. The lowest BCUT2D eigenvalue weighted by molar-refractivity contribution is -0.124. The summed E-state index contributed by atoms with van der Waals surface area (Å²) in [7, 11) is 0. The first-order valence-corrected chi connectivity index (χ1v) is 11.2. The van der Waals surface area contributed by atoms with Gasteiger partial charge in [-0.1, -0.05) is 23.2 Å². The number of pyridine rings is 1. The van der Waals surface area contributed by atoms with E-state index in [4.69, 9.17) is 27.9 Å². The van der Waals surface area contributed by atoms with Crippen LogP contribution in [0.5, 0.6) is 5.75 Å². The Morgan fingerprint density at radius 3 is 2.52 bits per heavy atom. The number of aromatic nitrogens is 1. The second kappa shape index (κ2) is 9.75. The van der Waals surface area contributed by atoms with Gasteiger partial charge in [0.05, 0.1) is 5.52 Å². The van der Waals surface area contributed by atoms with Crippen molar-refractivity contribution < 1.29 is 9.53 Å². The molecule has 0 unspecified atom stereocenters. The predicted molar refractivity (Wildman–Crippen MR) is 126 cm³/mol. The zero-order valence-corrected chi connectivity index (χ0v) is 18.8. The monoisotopic (exact) mass is 457 g/mol. The number of nitrogens with zero attached hydrogens (tertiary/aromatic N) is 1. The molecule has 0 saturated heterocycles. The molecule has 1 aliphatic rings. The van der Waals surface area contributed by atoms with E-state index in [-0.39, 0.29) is 18.6 Å². The van der Waals surface area contributed by atoms with E-state index in [1.807, 2.05) is 37.3 Å². The third-order valence-corrected chi connectivity index (χ3v) is 6.12. The Hall–Kier alpha value is -2.50. The van der Waals surface area contributed by atoms with Crippen molar-refractivity contribution in [3.8, 4) is 5.75 Å². The first-order valence-electron chi connectivity index (χ1n) is 10.5. The molecule has 0 bridgehead atoms. The molecule has 1 aromatic heterocycles. The van der Waals surface area contributed by atoms with Crippen LogP contribution in [0.4, 0.5) is 5.69 Å². The number of hydrogen-bond donors (Lipinski definition) is 2. The summed E-state index contributed by atoms with van der Waals surface area (Å²) in [5, 5.41) is 9.15. The molecule has 0 spiro atoms. The van der Waals surface area contributed by atoms with Gasteiger partial charge in [-0.3, -0.25) is 9.78 Å². The van der Waals surface area contributed by atoms with Crippen molar-refractivity contribution in [2.75, 3.05) is 11.9 Å². The van der Waals surface area contributed by atoms with Crippen LogP contribution >= 0.6 is 23.2 Å². The standard InChI is InChI=1S/C24H25Cl2N3O2/c1-15-12-16(25)3-9-23(15)31-14-24(30)29-19-6-4-18(5-7-19)28-21-10-11-27-22-13-17(26)2-8-20(21)22/h2-3,8-13,18-19H,4-7,14H2,1H3,(H,27,28)(H,29,30). The van der Waals surface area contributed by atoms with Crippen molar-refractivity contribution in [3.05, 3.63) is 64.3 Å². The highest BCUT2D eigenvalue weighted by molar-refractivity contribution is 6.31. The highest BCUT2D eigenvalue weighted by Crippen LogP contribution is 2.28. The van der Waals surface area contributed by atoms with Crippen LogP contribution in [0.2, 0.25) is 10.0 Å². The maximum absolute atomic E-state index is 12.3. The minimum absolute atomic E-state index is 0.00617. The van der Waals surface area contributed by atoms with Gasteiger partial charge in [0.1, 0.15) is 5.75 Å². The van der Waals surface area contributed by atoms with Crippen molar-refractivity contribution >= 4 is 45.7 Å². The lowest BCUT2D eigenvalue weighted by Crippen LogP contribution is -2.42. The predicted octanol–water partition coefficient (Wildman–Crippen LogP) is 5.77. The third-order valence-electron chi connectivity index (χ3n) is 5.65. The quantitative estimate of drug-likeness (QED) is 0.493. The van der Waals surface area contributed by atoms with E-state index in [1.54, 1.807) is 18.3 Å². The van der Waals surface area contributed by atoms with E-state index in [0.29, 0.717) is 21.8 Å². The van der Waals surface area contributed by atoms with Gasteiger partial charge in [0.25, 0.3) is 5.91 Å². The molecule has 1 aliphatic carbocycles. The van der Waals surface area contributed by atoms with Crippen LogP contribution in [0, 0.1) is 6.92 Å². The van der Waals surface area contributed by atoms with Crippen molar-refractivity contribution in [1.82, 2.24) is 10.3 Å². The number of halogens is 2. The van der Waals surface area contributed by atoms with E-state index in [0.717, 1.165) is 47.8 Å². The molecule has 0 radical (unpaired) electrons. The first kappa shape index (κ1) is 21.7. The summed E-state index contributed by atoms with van der Waals surface area (Å²) in [6.07, 6.45) is 5.63. The minimum atomic E-state index is -0.0947. The SMILES string of the molecule is Cc1cc(Cl)ccc1OCC(=O)NC1CCC(Nc2ccnc3cc(Cl)ccc23)CC1. The number of aryl methyl sites for hydroxylation is 1. The number of carbonyl (C=O) groups excluding carboxylic acids is 1. The summed E-state index contributed by atoms with van der Waals surface area (Å²) in [6, 6.07) is 13.7. The fraction of sp³-hybridized carbons (Fsp3) is 0.333. The van der Waals surface area contributed by atoms with Crippen LogP contribution in [0.3, 0.4) is 0 Å². The molecule has 0 aliphatic heterocycles. The molecule has 7 heteroatoms. The van der Waals surface area contributed by atoms with Crippen molar-refractivity contribution in [1.29, 1.82) is 0 Å². The lowest BCUT2D eigenvalue weighted by atomic mass is 9.91. The van der Waals surface area contributed by atoms with Crippen molar-refractivity contribution in [2.24, 2.45) is 0 Å². The van der Waals surface area contributed by atoms with E-state index in [1.165, 1.54) is 0 Å². The van der Waals surface area contributed by atoms with Crippen molar-refractivity contribution in [3.63, 3.8) is 0 Å². The smallest absolute Gasteiger partial charge is 0.258 e. The lowest BCUT2D eigenvalue weighted by Gasteiger charge is -2.30. The van der Waals surface area contributed by atoms with Crippen LogP contribution in [-0.2, 0) is 4.79 Å². The number of ether oxygens (including phenoxy) is 1. The number of benzene rings is 2. The summed E-state index contributed by atoms with van der Waals surface area (Å²) in [5.74, 6) is 0.584. The van der Waals surface area contributed by atoms with Gasteiger partial charge in [0, 0.05) is 39.4 Å². The Kier molecular flexibility index (Phi) is 6.83. The van der Waals surface area contributed by atoms with Gasteiger partial charge < -0.3 is 15.4 Å². The summed E-state index contributed by atoms with van der Waals surface area (Å²) in [6.45, 7) is 1.92. The normalized spacial score (nSPS) is 18.5. The van der Waals surface area contributed by atoms with E-state index in [2.05, 4.69) is 15.6 Å². The second-order valence-corrected chi connectivity index (χ2v) is 8.85. The highest BCUT2D eigenvalue weighted by Gasteiger charge is 2.23. The fourth-order valence-corrected chi connectivity index (χ4v) is 4.43. The Morgan fingerprint density at radius 2 is 1.74 bits per heavy atom. The zero-order valence-electron chi connectivity index (χ0n) is 17.3. The van der Waals surface area contributed by atoms with Crippen LogP contribution in [0.15, 0.2) is 48.7 Å². The molecular weight excluding hydrogens is 433 g/mol. The molecule has 1 amide bonds. The van der Waals surface area contributed by atoms with Gasteiger partial charge in [0.15, 0.2) is 6.61 Å². The topological polar surface area (TPSA) is 63.2 Å². The molecule has 1 fully saturated rings. The van der Waals surface area contributed by atoms with Crippen molar-refractivity contribution in [2.45, 2.75) is 44.7 Å². The molecule has 5 nitrogen and oxygen atoms in total. The molecule has 0 atom stereocenters. The molecule has 31 heavy (non-hydrogen) atoms. The number of nitrogens with one attached hydrogen (secondary N) is 2. The van der Waals surface area contributed by atoms with E-state index >= 15 is 0 Å². The second-order valence-electron chi connectivity index (χ2n) is 7.98. The molecular formula is C24H25Cl2N3O2.